The van der Waals surface area contributed by atoms with E-state index in [1.807, 2.05) is 22.6 Å². The molecule has 6 heteroatoms. The van der Waals surface area contributed by atoms with Crippen LogP contribution in [0.3, 0.4) is 0 Å². The van der Waals surface area contributed by atoms with Crippen LogP contribution in [-0.4, -0.2) is 13.0 Å². The van der Waals surface area contributed by atoms with Crippen LogP contribution in [0.5, 0.6) is 11.5 Å². The second-order valence-corrected chi connectivity index (χ2v) is 3.82. The topological polar surface area (TPSA) is 18.5 Å². The third-order valence-corrected chi connectivity index (χ3v) is 2.10. The number of rotatable bonds is 3. The molecule has 0 bridgehead atoms. The van der Waals surface area contributed by atoms with E-state index < -0.39 is 6.36 Å². The Bertz CT molecular complexity index is 339. The zero-order chi connectivity index (χ0) is 11.5. The Morgan fingerprint density at radius 2 is 1.93 bits per heavy atom. The first-order chi connectivity index (χ1) is 6.92. The lowest BCUT2D eigenvalue weighted by molar-refractivity contribution is -0.275. The molecule has 1 aromatic rings. The molecule has 0 N–H and O–H groups in total. The van der Waals surface area contributed by atoms with Gasteiger partial charge in [0.25, 0.3) is 0 Å². The van der Waals surface area contributed by atoms with Gasteiger partial charge in [0.15, 0.2) is 11.5 Å². The van der Waals surface area contributed by atoms with Crippen molar-refractivity contribution in [1.82, 2.24) is 0 Å². The van der Waals surface area contributed by atoms with E-state index in [4.69, 9.17) is 4.74 Å². The molecule has 0 unspecified atom stereocenters. The van der Waals surface area contributed by atoms with Crippen molar-refractivity contribution in [3.63, 3.8) is 0 Å². The molecule has 1 rings (SSSR count). The Kier molecular flexibility index (Phi) is 4.06. The summed E-state index contributed by atoms with van der Waals surface area (Å²) in [7, 11) is 0. The monoisotopic (exact) mass is 332 g/mol. The summed E-state index contributed by atoms with van der Waals surface area (Å²) in [4.78, 5) is 0. The summed E-state index contributed by atoms with van der Waals surface area (Å²) in [6.45, 7) is 1.98. The molecule has 2 nitrogen and oxygen atoms in total. The van der Waals surface area contributed by atoms with Gasteiger partial charge in [0, 0.05) is 3.57 Å². The lowest BCUT2D eigenvalue weighted by atomic mass is 10.3. The minimum atomic E-state index is -4.70. The first-order valence-corrected chi connectivity index (χ1v) is 5.18. The predicted octanol–water partition coefficient (Wildman–Crippen LogP) is 3.59. The molecule has 0 saturated carbocycles. The minimum Gasteiger partial charge on any atom is -0.490 e. The molecule has 0 heterocycles. The van der Waals surface area contributed by atoms with Crippen molar-refractivity contribution in [3.8, 4) is 11.5 Å². The maximum atomic E-state index is 12.0. The molecular weight excluding hydrogens is 324 g/mol. The fourth-order valence-electron chi connectivity index (χ4n) is 0.959. The molecule has 0 aliphatic heterocycles. The van der Waals surface area contributed by atoms with Gasteiger partial charge in [-0.15, -0.1) is 13.2 Å². The molecule has 15 heavy (non-hydrogen) atoms. The van der Waals surface area contributed by atoms with Crippen LogP contribution in [-0.2, 0) is 0 Å². The number of benzene rings is 1. The smallest absolute Gasteiger partial charge is 0.490 e. The normalized spacial score (nSPS) is 11.3. The standard InChI is InChI=1S/C9H8F3IO2/c1-2-14-8-5-6(13)3-4-7(8)15-9(10,11)12/h3-5H,2H2,1H3. The Hall–Kier alpha value is -0.660. The van der Waals surface area contributed by atoms with Gasteiger partial charge in [-0.25, -0.2) is 0 Å². The van der Waals surface area contributed by atoms with Crippen molar-refractivity contribution < 1.29 is 22.6 Å². The second-order valence-electron chi connectivity index (χ2n) is 2.57. The largest absolute Gasteiger partial charge is 0.573 e. The van der Waals surface area contributed by atoms with E-state index in [0.29, 0.717) is 0 Å². The van der Waals surface area contributed by atoms with Crippen LogP contribution in [0.15, 0.2) is 18.2 Å². The quantitative estimate of drug-likeness (QED) is 0.788. The number of hydrogen-bond donors (Lipinski definition) is 0. The summed E-state index contributed by atoms with van der Waals surface area (Å²) in [5.74, 6) is -0.216. The van der Waals surface area contributed by atoms with Gasteiger partial charge in [-0.3, -0.25) is 0 Å². The highest BCUT2D eigenvalue weighted by Crippen LogP contribution is 2.33. The number of ether oxygens (including phenoxy) is 2. The Balaban J connectivity index is 2.95. The molecule has 0 aromatic heterocycles. The highest BCUT2D eigenvalue weighted by molar-refractivity contribution is 14.1. The van der Waals surface area contributed by atoms with Crippen LogP contribution in [0.4, 0.5) is 13.2 Å². The second kappa shape index (κ2) is 4.91. The summed E-state index contributed by atoms with van der Waals surface area (Å²) in [5.41, 5.74) is 0. The number of hydrogen-bond acceptors (Lipinski definition) is 2. The summed E-state index contributed by atoms with van der Waals surface area (Å²) in [5, 5.41) is 0. The van der Waals surface area contributed by atoms with E-state index >= 15 is 0 Å². The number of alkyl halides is 3. The molecule has 1 aromatic carbocycles. The van der Waals surface area contributed by atoms with Crippen molar-refractivity contribution in [3.05, 3.63) is 21.8 Å². The van der Waals surface area contributed by atoms with Gasteiger partial charge in [0.05, 0.1) is 6.61 Å². The first-order valence-electron chi connectivity index (χ1n) is 4.10. The third kappa shape index (κ3) is 4.15. The highest BCUT2D eigenvalue weighted by atomic mass is 127. The van der Waals surface area contributed by atoms with Gasteiger partial charge >= 0.3 is 6.36 Å². The van der Waals surface area contributed by atoms with Crippen molar-refractivity contribution in [2.24, 2.45) is 0 Å². The molecular formula is C9H8F3IO2. The average molecular weight is 332 g/mol. The Morgan fingerprint density at radius 3 is 2.47 bits per heavy atom. The molecule has 0 aliphatic carbocycles. The highest BCUT2D eigenvalue weighted by Gasteiger charge is 2.32. The number of halogens is 4. The van der Waals surface area contributed by atoms with Crippen LogP contribution < -0.4 is 9.47 Å². The molecule has 0 fully saturated rings. The van der Waals surface area contributed by atoms with E-state index in [1.54, 1.807) is 6.92 Å². The first kappa shape index (κ1) is 12.4. The van der Waals surface area contributed by atoms with E-state index in [9.17, 15) is 13.2 Å². The molecule has 0 spiro atoms. The third-order valence-electron chi connectivity index (χ3n) is 1.43. The van der Waals surface area contributed by atoms with Crippen LogP contribution in [0.1, 0.15) is 6.92 Å². The van der Waals surface area contributed by atoms with Crippen molar-refractivity contribution in [2.75, 3.05) is 6.61 Å². The van der Waals surface area contributed by atoms with Crippen molar-refractivity contribution in [1.29, 1.82) is 0 Å². The Morgan fingerprint density at radius 1 is 1.27 bits per heavy atom. The SMILES string of the molecule is CCOc1cc(I)ccc1OC(F)(F)F. The van der Waals surface area contributed by atoms with E-state index in [1.165, 1.54) is 18.2 Å². The van der Waals surface area contributed by atoms with Gasteiger partial charge in [0.2, 0.25) is 0 Å². The molecule has 0 radical (unpaired) electrons. The molecule has 0 amide bonds. The average Bonchev–Trinajstić information content (AvgIpc) is 2.08. The van der Waals surface area contributed by atoms with Crippen LogP contribution in [0, 0.1) is 3.57 Å². The van der Waals surface area contributed by atoms with E-state index in [-0.39, 0.29) is 18.1 Å². The Labute approximate surface area is 98.5 Å². The van der Waals surface area contributed by atoms with Gasteiger partial charge in [-0.2, -0.15) is 0 Å². The van der Waals surface area contributed by atoms with Gasteiger partial charge < -0.3 is 9.47 Å². The summed E-state index contributed by atoms with van der Waals surface area (Å²) >= 11 is 1.98. The van der Waals surface area contributed by atoms with E-state index in [2.05, 4.69) is 4.74 Å². The van der Waals surface area contributed by atoms with Gasteiger partial charge in [0.1, 0.15) is 0 Å². The summed E-state index contributed by atoms with van der Waals surface area (Å²) in [6, 6.07) is 4.25. The molecule has 0 atom stereocenters. The van der Waals surface area contributed by atoms with E-state index in [0.717, 1.165) is 3.57 Å². The minimum absolute atomic E-state index is 0.0988. The molecule has 0 aliphatic rings. The maximum absolute atomic E-state index is 12.0. The summed E-state index contributed by atoms with van der Waals surface area (Å²) < 4.78 is 45.6. The van der Waals surface area contributed by atoms with Gasteiger partial charge in [-0.1, -0.05) is 0 Å². The molecule has 84 valence electrons. The zero-order valence-corrected chi connectivity index (χ0v) is 9.93. The van der Waals surface area contributed by atoms with Crippen molar-refractivity contribution >= 4 is 22.6 Å². The fraction of sp³-hybridized carbons (Fsp3) is 0.333. The van der Waals surface area contributed by atoms with Gasteiger partial charge in [-0.05, 0) is 47.7 Å². The summed E-state index contributed by atoms with van der Waals surface area (Å²) in [6.07, 6.45) is -4.70. The molecule has 0 saturated heterocycles. The fourth-order valence-corrected chi connectivity index (χ4v) is 1.42. The zero-order valence-electron chi connectivity index (χ0n) is 7.77. The van der Waals surface area contributed by atoms with Crippen LogP contribution in [0.25, 0.3) is 0 Å². The predicted molar refractivity (Wildman–Crippen MR) is 57.0 cm³/mol. The van der Waals surface area contributed by atoms with Crippen molar-refractivity contribution in [2.45, 2.75) is 13.3 Å². The lowest BCUT2D eigenvalue weighted by Crippen LogP contribution is -2.17. The van der Waals surface area contributed by atoms with Crippen LogP contribution >= 0.6 is 22.6 Å². The van der Waals surface area contributed by atoms with Crippen LogP contribution in [0.2, 0.25) is 0 Å². The lowest BCUT2D eigenvalue weighted by Gasteiger charge is -2.13. The maximum Gasteiger partial charge on any atom is 0.573 e.